The van der Waals surface area contributed by atoms with Gasteiger partial charge in [-0.15, -0.1) is 11.3 Å². The molecule has 1 aliphatic heterocycles. The molecule has 0 fully saturated rings. The van der Waals surface area contributed by atoms with Crippen LogP contribution in [-0.2, 0) is 0 Å². The van der Waals surface area contributed by atoms with Gasteiger partial charge in [0.15, 0.2) is 0 Å². The highest BCUT2D eigenvalue weighted by Gasteiger charge is 2.26. The van der Waals surface area contributed by atoms with E-state index in [2.05, 4.69) is 180 Å². The van der Waals surface area contributed by atoms with Crippen LogP contribution in [0.2, 0.25) is 0 Å². The highest BCUT2D eigenvalue weighted by molar-refractivity contribution is 7.26. The van der Waals surface area contributed by atoms with Gasteiger partial charge in [-0.25, -0.2) is 4.99 Å². The smallest absolute Gasteiger partial charge is 0.144 e. The molecule has 2 atom stereocenters. The van der Waals surface area contributed by atoms with Gasteiger partial charge in [-0.05, 0) is 79.3 Å². The minimum Gasteiger partial charge on any atom is -0.455 e. The van der Waals surface area contributed by atoms with Gasteiger partial charge in [0.2, 0.25) is 0 Å². The molecule has 0 radical (unpaired) electrons. The number of furan rings is 1. The van der Waals surface area contributed by atoms with Crippen molar-refractivity contribution in [1.29, 1.82) is 0 Å². The van der Waals surface area contributed by atoms with Crippen LogP contribution in [0.3, 0.4) is 0 Å². The van der Waals surface area contributed by atoms with Gasteiger partial charge in [0.05, 0.1) is 0 Å². The maximum Gasteiger partial charge on any atom is 0.144 e. The molecule has 2 aromatic heterocycles. The summed E-state index contributed by atoms with van der Waals surface area (Å²) in [5.74, 6) is 0.883. The molecule has 0 bridgehead atoms. The molecular formula is C51H33N3OS. The van der Waals surface area contributed by atoms with Gasteiger partial charge in [-0.2, -0.15) is 0 Å². The van der Waals surface area contributed by atoms with E-state index in [0.29, 0.717) is 0 Å². The van der Waals surface area contributed by atoms with Crippen LogP contribution in [0, 0.1) is 0 Å². The summed E-state index contributed by atoms with van der Waals surface area (Å²) in [6, 6.07) is 63.2. The van der Waals surface area contributed by atoms with Crippen LogP contribution in [0.25, 0.3) is 85.6 Å². The fourth-order valence-corrected chi connectivity index (χ4v) is 10.1. The lowest BCUT2D eigenvalue weighted by Crippen LogP contribution is -2.44. The van der Waals surface area contributed by atoms with Crippen LogP contribution in [0.1, 0.15) is 29.0 Å². The molecule has 12 rings (SSSR count). The summed E-state index contributed by atoms with van der Waals surface area (Å²) < 4.78 is 9.12. The van der Waals surface area contributed by atoms with E-state index in [4.69, 9.17) is 9.41 Å². The van der Waals surface area contributed by atoms with Gasteiger partial charge >= 0.3 is 0 Å². The summed E-state index contributed by atoms with van der Waals surface area (Å²) in [5, 5.41) is 19.7. The summed E-state index contributed by atoms with van der Waals surface area (Å²) in [6.07, 6.45) is -0.335. The van der Waals surface area contributed by atoms with E-state index in [-0.39, 0.29) is 12.3 Å². The molecule has 2 unspecified atom stereocenters. The fourth-order valence-electron chi connectivity index (χ4n) is 8.88. The molecule has 1 aliphatic rings. The number of thiophene rings is 1. The zero-order valence-corrected chi connectivity index (χ0v) is 31.0. The third-order valence-corrected chi connectivity index (χ3v) is 12.7. The van der Waals surface area contributed by atoms with Crippen molar-refractivity contribution in [2.24, 2.45) is 4.99 Å². The van der Waals surface area contributed by atoms with Crippen molar-refractivity contribution in [3.8, 4) is 11.1 Å². The van der Waals surface area contributed by atoms with E-state index in [1.54, 1.807) is 0 Å². The molecule has 0 amide bonds. The Bertz CT molecular complexity index is 3360. The van der Waals surface area contributed by atoms with Crippen LogP contribution in [0.5, 0.6) is 0 Å². The third-order valence-electron chi connectivity index (χ3n) is 11.5. The molecule has 3 heterocycles. The first-order valence-corrected chi connectivity index (χ1v) is 19.9. The largest absolute Gasteiger partial charge is 0.455 e. The first-order chi connectivity index (χ1) is 27.7. The van der Waals surface area contributed by atoms with E-state index < -0.39 is 0 Å². The SMILES string of the molecule is c1ccc(C2=NC(c3ccccc3)NC(c3ccc4c5ccc(-c6cc7c8ccccc8oc7c7c6sc6ccccc67)cc5c5ccccc5c4c3)N2)cc1. The molecule has 0 saturated heterocycles. The summed E-state index contributed by atoms with van der Waals surface area (Å²) in [4.78, 5) is 5.13. The number of aliphatic imine (C=N–C) groups is 1. The molecule has 0 aliphatic carbocycles. The highest BCUT2D eigenvalue weighted by Crippen LogP contribution is 2.48. The number of rotatable bonds is 4. The lowest BCUT2D eigenvalue weighted by molar-refractivity contribution is 0.409. The first kappa shape index (κ1) is 31.5. The number of para-hydroxylation sites is 1. The predicted molar refractivity (Wildman–Crippen MR) is 236 cm³/mol. The Morgan fingerprint density at radius 2 is 1.12 bits per heavy atom. The molecule has 4 nitrogen and oxygen atoms in total. The van der Waals surface area contributed by atoms with Crippen molar-refractivity contribution in [1.82, 2.24) is 10.6 Å². The lowest BCUT2D eigenvalue weighted by atomic mass is 9.90. The van der Waals surface area contributed by atoms with E-state index in [0.717, 1.165) is 44.5 Å². The second-order valence-corrected chi connectivity index (χ2v) is 15.8. The van der Waals surface area contributed by atoms with Gasteiger partial charge in [-0.1, -0.05) is 146 Å². The maximum absolute atomic E-state index is 6.60. The van der Waals surface area contributed by atoms with Gasteiger partial charge in [-0.3, -0.25) is 5.32 Å². The Balaban J connectivity index is 1.04. The molecular weight excluding hydrogens is 703 g/mol. The summed E-state index contributed by atoms with van der Waals surface area (Å²) >= 11 is 1.85. The van der Waals surface area contributed by atoms with Crippen LogP contribution >= 0.6 is 11.3 Å². The molecule has 2 N–H and O–H groups in total. The van der Waals surface area contributed by atoms with Crippen LogP contribution in [0.15, 0.2) is 185 Å². The zero-order chi connectivity index (χ0) is 36.7. The molecule has 5 heteroatoms. The number of hydrogen-bond donors (Lipinski definition) is 2. The second kappa shape index (κ2) is 12.4. The number of nitrogens with one attached hydrogen (secondary N) is 2. The van der Waals surface area contributed by atoms with Crippen LogP contribution < -0.4 is 10.6 Å². The number of hydrogen-bond acceptors (Lipinski definition) is 5. The molecule has 0 saturated carbocycles. The van der Waals surface area contributed by atoms with Gasteiger partial charge in [0.1, 0.15) is 29.3 Å². The minimum atomic E-state index is -0.188. The van der Waals surface area contributed by atoms with Crippen molar-refractivity contribution >= 4 is 91.6 Å². The topological polar surface area (TPSA) is 49.6 Å². The normalized spacial score (nSPS) is 16.0. The number of nitrogens with zero attached hydrogens (tertiary/aromatic N) is 1. The number of amidine groups is 1. The third kappa shape index (κ3) is 4.85. The van der Waals surface area contributed by atoms with E-state index in [9.17, 15) is 0 Å². The number of fused-ring (bicyclic) bond motifs is 13. The van der Waals surface area contributed by atoms with E-state index in [1.165, 1.54) is 63.6 Å². The lowest BCUT2D eigenvalue weighted by Gasteiger charge is -2.32. The van der Waals surface area contributed by atoms with Crippen molar-refractivity contribution in [3.05, 3.63) is 193 Å². The first-order valence-electron chi connectivity index (χ1n) is 19.1. The minimum absolute atomic E-state index is 0.146. The Labute approximate surface area is 326 Å². The molecule has 56 heavy (non-hydrogen) atoms. The Hall–Kier alpha value is -6.79. The Morgan fingerprint density at radius 1 is 0.482 bits per heavy atom. The second-order valence-electron chi connectivity index (χ2n) is 14.7. The van der Waals surface area contributed by atoms with Crippen molar-refractivity contribution in [2.75, 3.05) is 0 Å². The molecule has 0 spiro atoms. The van der Waals surface area contributed by atoms with Gasteiger partial charge in [0, 0.05) is 42.1 Å². The quantitative estimate of drug-likeness (QED) is 0.177. The van der Waals surface area contributed by atoms with Gasteiger partial charge < -0.3 is 9.73 Å². The van der Waals surface area contributed by atoms with Gasteiger partial charge in [0.25, 0.3) is 0 Å². The standard InChI is InChI=1S/C51H33N3OS/c1-3-13-30(14-4-1)49-52-50(31-15-5-2-6-16-31)54-51(53-49)33-24-26-37-36-25-23-32(27-41(36)34-17-7-8-18-35(34)42(37)28-33)40-29-43-38-19-9-11-21-44(38)55-47(43)46-39-20-10-12-22-45(39)56-48(40)46/h1-29,49,51,53H,(H,52,54). The molecule has 11 aromatic rings. The molecule has 9 aromatic carbocycles. The summed E-state index contributed by atoms with van der Waals surface area (Å²) in [5.41, 5.74) is 7.70. The maximum atomic E-state index is 6.60. The van der Waals surface area contributed by atoms with E-state index in [1.807, 2.05) is 17.4 Å². The summed E-state index contributed by atoms with van der Waals surface area (Å²) in [6.45, 7) is 0. The number of benzene rings is 9. The highest BCUT2D eigenvalue weighted by atomic mass is 32.1. The predicted octanol–water partition coefficient (Wildman–Crippen LogP) is 13.4. The molecule has 264 valence electrons. The average molecular weight is 736 g/mol. The van der Waals surface area contributed by atoms with Crippen molar-refractivity contribution in [3.63, 3.8) is 0 Å². The van der Waals surface area contributed by atoms with Crippen molar-refractivity contribution in [2.45, 2.75) is 12.3 Å². The zero-order valence-electron chi connectivity index (χ0n) is 30.2. The van der Waals surface area contributed by atoms with Crippen LogP contribution in [0.4, 0.5) is 0 Å². The van der Waals surface area contributed by atoms with E-state index >= 15 is 0 Å². The monoisotopic (exact) mass is 735 g/mol. The fraction of sp³-hybridized carbons (Fsp3) is 0.0392. The Kier molecular flexibility index (Phi) is 6.97. The average Bonchev–Trinajstić information content (AvgIpc) is 3.85. The van der Waals surface area contributed by atoms with Crippen LogP contribution in [-0.4, -0.2) is 5.84 Å². The summed E-state index contributed by atoms with van der Waals surface area (Å²) in [7, 11) is 0. The van der Waals surface area contributed by atoms with Crippen molar-refractivity contribution < 1.29 is 4.42 Å². The Morgan fingerprint density at radius 3 is 1.93 bits per heavy atom.